The van der Waals surface area contributed by atoms with Crippen molar-refractivity contribution in [2.75, 3.05) is 0 Å². The van der Waals surface area contributed by atoms with Crippen LogP contribution in [0.2, 0.25) is 0 Å². The topological polar surface area (TPSA) is 23.8 Å². The maximum absolute atomic E-state index is 7.87. The Hall–Kier alpha value is 1.13. The van der Waals surface area contributed by atoms with E-state index >= 15 is 0 Å². The monoisotopic (exact) mass is 263 g/mol. The van der Waals surface area contributed by atoms with Crippen LogP contribution in [0.5, 0.6) is 0 Å². The van der Waals surface area contributed by atoms with Crippen molar-refractivity contribution in [3.63, 3.8) is 0 Å². The maximum Gasteiger partial charge on any atom is 0.136 e. The van der Waals surface area contributed by atoms with Crippen molar-refractivity contribution in [3.05, 3.63) is 0 Å². The highest BCUT2D eigenvalue weighted by Crippen LogP contribution is 2.51. The second kappa shape index (κ2) is 3.32. The van der Waals surface area contributed by atoms with Crippen molar-refractivity contribution in [1.82, 2.24) is 0 Å². The lowest BCUT2D eigenvalue weighted by Gasteiger charge is -1.69. The fourth-order valence-electron chi connectivity index (χ4n) is 0. The summed E-state index contributed by atoms with van der Waals surface area (Å²) in [5.41, 5.74) is 0. The first-order valence-electron chi connectivity index (χ1n) is 0.785. The Balaban J connectivity index is 2.94. The van der Waals surface area contributed by atoms with Crippen LogP contribution in [-0.2, 0) is 0 Å². The molecule has 0 aliphatic rings. The van der Waals surface area contributed by atoms with Crippen LogP contribution in [0, 0.1) is 11.1 Å². The van der Waals surface area contributed by atoms with Gasteiger partial charge < -0.3 is 0 Å². The highest BCUT2D eigenvalue weighted by Gasteiger charge is 1.84. The van der Waals surface area contributed by atoms with Gasteiger partial charge in [0.05, 0.1) is 0 Å². The first kappa shape index (κ1) is 6.13. The largest absolute Gasteiger partial charge is 0.192 e. The summed E-state index contributed by atoms with van der Waals surface area (Å²) in [5, 5.41) is 7.87. The Kier molecular flexibility index (Phi) is 4.08. The molecule has 0 aliphatic carbocycles. The lowest BCUT2D eigenvalue weighted by atomic mass is 11.8. The molecule has 0 fully saturated rings. The fourth-order valence-corrected chi connectivity index (χ4v) is 0. The van der Waals surface area contributed by atoms with Crippen molar-refractivity contribution in [2.45, 2.75) is 0 Å². The number of rotatable bonds is 0. The van der Waals surface area contributed by atoms with Gasteiger partial charge in [0.1, 0.15) is 10.1 Å². The summed E-state index contributed by atoms with van der Waals surface area (Å²) in [4.78, 5) is 0. The molecule has 0 N–H and O–H groups in total. The molecule has 4 heteroatoms. The van der Waals surface area contributed by atoms with Gasteiger partial charge in [-0.3, -0.25) is 0 Å². The Morgan fingerprint density at radius 3 is 2.20 bits per heavy atom. The molecule has 0 heterocycles. The van der Waals surface area contributed by atoms with Crippen molar-refractivity contribution >= 4 is 41.8 Å². The Morgan fingerprint density at radius 1 is 2.00 bits per heavy atom. The van der Waals surface area contributed by atoms with Crippen LogP contribution in [0.15, 0.2) is 0 Å². The minimum Gasteiger partial charge on any atom is -0.192 e. The summed E-state index contributed by atoms with van der Waals surface area (Å²) >= 11 is 5.09. The molecule has 28 valence electrons. The van der Waals surface area contributed by atoms with E-state index in [4.69, 9.17) is 5.26 Å². The molecule has 0 saturated heterocycles. The van der Waals surface area contributed by atoms with E-state index in [1.165, 1.54) is 0 Å². The number of nitrogens with zero attached hydrogens (tertiary/aromatic N) is 1. The van der Waals surface area contributed by atoms with E-state index < -0.39 is 4.27 Å². The second-order valence-electron chi connectivity index (χ2n) is 0.333. The Morgan fingerprint density at radius 2 is 2.20 bits per heavy atom. The van der Waals surface area contributed by atoms with Crippen molar-refractivity contribution in [1.29, 1.82) is 5.26 Å². The molecule has 0 aliphatic heterocycles. The molecule has 0 aromatic carbocycles. The first-order chi connectivity index (χ1) is 2.27. The predicted octanol–water partition coefficient (Wildman–Crippen LogP) is 2.61. The van der Waals surface area contributed by atoms with Crippen LogP contribution in [0.1, 0.15) is 0 Å². The third-order valence-electron chi connectivity index (χ3n) is 0.0756. The minimum atomic E-state index is -0.510. The number of halogens is 2. The third-order valence-corrected chi connectivity index (χ3v) is 1.35. The highest BCUT2D eigenvalue weighted by molar-refractivity contribution is 14.2. The molecule has 1 unspecified atom stereocenters. The van der Waals surface area contributed by atoms with Crippen LogP contribution >= 0.6 is 41.8 Å². The van der Waals surface area contributed by atoms with Crippen molar-refractivity contribution in [2.24, 2.45) is 0 Å². The lowest BCUT2D eigenvalue weighted by molar-refractivity contribution is 1.57. The molecule has 0 aromatic rings. The second-order valence-corrected chi connectivity index (χ2v) is 10.00. The quantitative estimate of drug-likeness (QED) is 0.487. The van der Waals surface area contributed by atoms with E-state index in [1.54, 1.807) is 0 Å². The smallest absolute Gasteiger partial charge is 0.136 e. The molecular weight excluding hydrogens is 264 g/mol. The number of nitriles is 1. The summed E-state index contributed by atoms with van der Waals surface area (Å²) in [6, 6.07) is 0. The van der Waals surface area contributed by atoms with Gasteiger partial charge in [0.25, 0.3) is 0 Å². The van der Waals surface area contributed by atoms with E-state index in [-0.39, 0.29) is 0 Å². The molecule has 0 bridgehead atoms. The average Bonchev–Trinajstić information content (AvgIpc) is 1.38. The number of hydrogen-bond donors (Lipinski definition) is 0. The summed E-state index contributed by atoms with van der Waals surface area (Å²) in [6.45, 7) is 0. The van der Waals surface area contributed by atoms with Gasteiger partial charge in [-0.1, -0.05) is 0 Å². The van der Waals surface area contributed by atoms with Gasteiger partial charge in [0.2, 0.25) is 0 Å². The van der Waals surface area contributed by atoms with E-state index in [9.17, 15) is 0 Å². The van der Waals surface area contributed by atoms with Crippen molar-refractivity contribution in [3.8, 4) is 5.81 Å². The van der Waals surface area contributed by atoms with Crippen molar-refractivity contribution < 1.29 is 0 Å². The molecule has 1 atom stereocenters. The van der Waals surface area contributed by atoms with Gasteiger partial charge >= 0.3 is 0 Å². The third kappa shape index (κ3) is 5.13. The summed E-state index contributed by atoms with van der Waals surface area (Å²) < 4.78 is -0.510. The van der Waals surface area contributed by atoms with Crippen LogP contribution in [-0.4, -0.2) is 0 Å². The summed E-state index contributed by atoms with van der Waals surface area (Å²) in [5.74, 6) is 2.00. The number of hydrogen-bond acceptors (Lipinski definition) is 1. The summed E-state index contributed by atoms with van der Waals surface area (Å²) in [6.07, 6.45) is 0. The lowest BCUT2D eigenvalue weighted by Crippen LogP contribution is -1.19. The SMILES string of the molecule is N#CP(Br)I. The van der Waals surface area contributed by atoms with Gasteiger partial charge in [-0.15, -0.1) is 0 Å². The zero-order valence-corrected chi connectivity index (χ0v) is 6.79. The molecule has 0 amide bonds. The van der Waals surface area contributed by atoms with E-state index in [1.807, 2.05) is 27.9 Å². The zero-order chi connectivity index (χ0) is 4.28. The molecule has 0 spiro atoms. The average molecular weight is 264 g/mol. The minimum absolute atomic E-state index is 0.510. The molecule has 0 aromatic heterocycles. The molecule has 0 rings (SSSR count). The molecule has 0 radical (unpaired) electrons. The van der Waals surface area contributed by atoms with Gasteiger partial charge in [-0.05, 0) is 37.5 Å². The van der Waals surface area contributed by atoms with Gasteiger partial charge in [0.15, 0.2) is 0 Å². The van der Waals surface area contributed by atoms with Crippen LogP contribution in [0.4, 0.5) is 0 Å². The van der Waals surface area contributed by atoms with E-state index in [0.29, 0.717) is 0 Å². The first-order valence-corrected chi connectivity index (χ1v) is 6.93. The standard InChI is InChI=1S/CBrINP/c2-5(3)1-4. The summed E-state index contributed by atoms with van der Waals surface area (Å²) in [7, 11) is 0. The Labute approximate surface area is 52.7 Å². The van der Waals surface area contributed by atoms with Crippen LogP contribution < -0.4 is 0 Å². The Bertz CT molecular complexity index is 57.2. The van der Waals surface area contributed by atoms with Gasteiger partial charge in [-0.25, -0.2) is 0 Å². The normalized spacial score (nSPS) is 13.0. The van der Waals surface area contributed by atoms with Crippen LogP contribution in [0.25, 0.3) is 0 Å². The fraction of sp³-hybridized carbons (Fsp3) is 0. The molecule has 0 saturated carbocycles. The van der Waals surface area contributed by atoms with E-state index in [0.717, 1.165) is 0 Å². The predicted molar refractivity (Wildman–Crippen MR) is 35.5 cm³/mol. The zero-order valence-electron chi connectivity index (χ0n) is 2.15. The molecule has 1 nitrogen and oxygen atoms in total. The van der Waals surface area contributed by atoms with Crippen LogP contribution in [0.3, 0.4) is 0 Å². The maximum atomic E-state index is 7.87. The van der Waals surface area contributed by atoms with E-state index in [2.05, 4.69) is 15.5 Å². The molecule has 5 heavy (non-hydrogen) atoms. The highest BCUT2D eigenvalue weighted by atomic mass is 127. The van der Waals surface area contributed by atoms with Gasteiger partial charge in [0, 0.05) is 0 Å². The van der Waals surface area contributed by atoms with Gasteiger partial charge in [-0.2, -0.15) is 5.26 Å². The molecular formula is CBrINP.